The number of rotatable bonds is 5. The second kappa shape index (κ2) is 9.22. The van der Waals surface area contributed by atoms with Crippen LogP contribution in [0.15, 0.2) is 6.07 Å². The van der Waals surface area contributed by atoms with Crippen LogP contribution in [0.2, 0.25) is 0 Å². The summed E-state index contributed by atoms with van der Waals surface area (Å²) in [6.45, 7) is 8.14. The molecule has 2 atom stereocenters. The molecule has 3 fully saturated rings. The lowest BCUT2D eigenvalue weighted by molar-refractivity contribution is 0.114. The Hall–Kier alpha value is -1.67. The van der Waals surface area contributed by atoms with Gasteiger partial charge in [-0.1, -0.05) is 6.92 Å². The van der Waals surface area contributed by atoms with Crippen LogP contribution in [0.25, 0.3) is 0 Å². The summed E-state index contributed by atoms with van der Waals surface area (Å²) in [6, 6.07) is 2.15. The van der Waals surface area contributed by atoms with Crippen LogP contribution in [0.3, 0.4) is 0 Å². The van der Waals surface area contributed by atoms with E-state index in [1.807, 2.05) is 0 Å². The van der Waals surface area contributed by atoms with Gasteiger partial charge in [0, 0.05) is 45.4 Å². The first-order valence-electron chi connectivity index (χ1n) is 10.7. The summed E-state index contributed by atoms with van der Waals surface area (Å²) in [5.41, 5.74) is 0. The van der Waals surface area contributed by atoms with Gasteiger partial charge >= 0.3 is 0 Å². The maximum atomic E-state index is 5.65. The summed E-state index contributed by atoms with van der Waals surface area (Å²) >= 11 is 5.48. The van der Waals surface area contributed by atoms with Gasteiger partial charge in [0.1, 0.15) is 11.6 Å². The lowest BCUT2D eigenvalue weighted by Gasteiger charge is -2.32. The Morgan fingerprint density at radius 2 is 1.86 bits per heavy atom. The molecule has 4 heterocycles. The predicted molar refractivity (Wildman–Crippen MR) is 117 cm³/mol. The van der Waals surface area contributed by atoms with Crippen molar-refractivity contribution in [3.8, 4) is 0 Å². The number of hydrogen-bond acceptors (Lipinski definition) is 6. The van der Waals surface area contributed by atoms with Gasteiger partial charge in [-0.15, -0.1) is 0 Å². The maximum Gasteiger partial charge on any atom is 0.232 e. The summed E-state index contributed by atoms with van der Waals surface area (Å²) in [5.74, 6) is 3.30. The third-order valence-electron chi connectivity index (χ3n) is 5.85. The molecule has 3 aliphatic heterocycles. The van der Waals surface area contributed by atoms with Crippen molar-refractivity contribution >= 4 is 34.9 Å². The average Bonchev–Trinajstić information content (AvgIpc) is 3.40. The summed E-state index contributed by atoms with van der Waals surface area (Å²) in [5, 5.41) is 7.03. The van der Waals surface area contributed by atoms with Crippen LogP contribution in [0, 0.1) is 5.92 Å². The van der Waals surface area contributed by atoms with Crippen molar-refractivity contribution in [3.05, 3.63) is 6.07 Å². The third kappa shape index (κ3) is 5.03. The Kier molecular flexibility index (Phi) is 6.47. The van der Waals surface area contributed by atoms with Gasteiger partial charge in [0.05, 0.1) is 6.10 Å². The van der Waals surface area contributed by atoms with E-state index in [-0.39, 0.29) is 6.10 Å². The molecule has 0 amide bonds. The Morgan fingerprint density at radius 1 is 1.11 bits per heavy atom. The minimum absolute atomic E-state index is 0.252. The van der Waals surface area contributed by atoms with Crippen molar-refractivity contribution in [2.75, 3.05) is 54.4 Å². The van der Waals surface area contributed by atoms with E-state index < -0.39 is 0 Å². The van der Waals surface area contributed by atoms with Crippen molar-refractivity contribution < 1.29 is 4.74 Å². The Morgan fingerprint density at radius 3 is 2.57 bits per heavy atom. The number of thiocarbonyl (C=S) groups is 1. The topological polar surface area (TPSA) is 65.5 Å². The molecule has 0 aromatic carbocycles. The molecule has 7 nitrogen and oxygen atoms in total. The minimum Gasteiger partial charge on any atom is -0.376 e. The molecule has 0 aliphatic carbocycles. The zero-order valence-electron chi connectivity index (χ0n) is 16.8. The highest BCUT2D eigenvalue weighted by molar-refractivity contribution is 7.80. The number of hydrogen-bond donors (Lipinski definition) is 2. The van der Waals surface area contributed by atoms with Crippen LogP contribution < -0.4 is 20.4 Å². The van der Waals surface area contributed by atoms with E-state index in [1.165, 1.54) is 25.7 Å². The Balaban J connectivity index is 1.47. The van der Waals surface area contributed by atoms with Crippen molar-refractivity contribution in [2.45, 2.75) is 51.6 Å². The largest absolute Gasteiger partial charge is 0.376 e. The lowest BCUT2D eigenvalue weighted by Crippen LogP contribution is -2.37. The number of anilines is 3. The van der Waals surface area contributed by atoms with E-state index >= 15 is 0 Å². The fourth-order valence-corrected chi connectivity index (χ4v) is 4.48. The summed E-state index contributed by atoms with van der Waals surface area (Å²) in [4.78, 5) is 14.3. The van der Waals surface area contributed by atoms with Gasteiger partial charge in [-0.05, 0) is 56.7 Å². The standard InChI is InChI=1S/C20H32N6OS/c1-15-6-4-10-26(14-15)18-12-17(25-8-2-3-9-25)22-19(23-18)24-20(28)21-13-16-7-5-11-27-16/h12,15-16H,2-11,13-14H2,1H3,(H2,21,22,23,24,28)/t15-,16+/m0/s1. The van der Waals surface area contributed by atoms with Crippen molar-refractivity contribution in [2.24, 2.45) is 5.92 Å². The van der Waals surface area contributed by atoms with E-state index in [1.54, 1.807) is 0 Å². The molecule has 0 unspecified atom stereocenters. The summed E-state index contributed by atoms with van der Waals surface area (Å²) < 4.78 is 5.65. The van der Waals surface area contributed by atoms with Crippen molar-refractivity contribution in [1.82, 2.24) is 15.3 Å². The number of piperidine rings is 1. The highest BCUT2D eigenvalue weighted by Crippen LogP contribution is 2.27. The van der Waals surface area contributed by atoms with Gasteiger partial charge in [-0.2, -0.15) is 9.97 Å². The molecular formula is C20H32N6OS. The lowest BCUT2D eigenvalue weighted by atomic mass is 10.0. The molecule has 1 aromatic heterocycles. The fraction of sp³-hybridized carbons (Fsp3) is 0.750. The molecule has 4 rings (SSSR count). The predicted octanol–water partition coefficient (Wildman–Crippen LogP) is 2.78. The fourth-order valence-electron chi connectivity index (χ4n) is 4.30. The summed E-state index contributed by atoms with van der Waals surface area (Å²) in [7, 11) is 0. The molecule has 1 aromatic rings. The molecular weight excluding hydrogens is 372 g/mol. The minimum atomic E-state index is 0.252. The first-order valence-corrected chi connectivity index (χ1v) is 11.1. The van der Waals surface area contributed by atoms with Gasteiger partial charge in [0.2, 0.25) is 5.95 Å². The monoisotopic (exact) mass is 404 g/mol. The Labute approximate surface area is 173 Å². The molecule has 3 aliphatic rings. The number of ether oxygens (including phenoxy) is 1. The van der Waals surface area contributed by atoms with Crippen molar-refractivity contribution in [3.63, 3.8) is 0 Å². The second-order valence-corrected chi connectivity index (χ2v) is 8.67. The van der Waals surface area contributed by atoms with E-state index in [4.69, 9.17) is 26.9 Å². The zero-order valence-corrected chi connectivity index (χ0v) is 17.6. The van der Waals surface area contributed by atoms with E-state index in [9.17, 15) is 0 Å². The van der Waals surface area contributed by atoms with Gasteiger partial charge in [0.15, 0.2) is 5.11 Å². The molecule has 3 saturated heterocycles. The molecule has 8 heteroatoms. The van der Waals surface area contributed by atoms with Crippen LogP contribution in [0.5, 0.6) is 0 Å². The molecule has 0 spiro atoms. The van der Waals surface area contributed by atoms with Gasteiger partial charge < -0.3 is 25.2 Å². The van der Waals surface area contributed by atoms with Crippen LogP contribution >= 0.6 is 12.2 Å². The number of nitrogens with one attached hydrogen (secondary N) is 2. The normalized spacial score (nSPS) is 25.2. The van der Waals surface area contributed by atoms with E-state index in [2.05, 4.69) is 33.4 Å². The molecule has 2 N–H and O–H groups in total. The molecule has 0 radical (unpaired) electrons. The molecule has 0 saturated carbocycles. The van der Waals surface area contributed by atoms with Gasteiger partial charge in [-0.25, -0.2) is 0 Å². The molecule has 28 heavy (non-hydrogen) atoms. The van der Waals surface area contributed by atoms with Crippen LogP contribution in [-0.4, -0.2) is 60.5 Å². The molecule has 0 bridgehead atoms. The quantitative estimate of drug-likeness (QED) is 0.727. The first-order chi connectivity index (χ1) is 13.7. The maximum absolute atomic E-state index is 5.65. The van der Waals surface area contributed by atoms with Crippen molar-refractivity contribution in [1.29, 1.82) is 0 Å². The third-order valence-corrected chi connectivity index (χ3v) is 6.10. The highest BCUT2D eigenvalue weighted by Gasteiger charge is 2.22. The highest BCUT2D eigenvalue weighted by atomic mass is 32.1. The summed E-state index contributed by atoms with van der Waals surface area (Å²) in [6.07, 6.45) is 7.44. The van der Waals surface area contributed by atoms with Gasteiger partial charge in [0.25, 0.3) is 0 Å². The SMILES string of the molecule is C[C@H]1CCCN(c2cc(N3CCCC3)nc(NC(=S)NC[C@H]3CCCO3)n2)C1. The van der Waals surface area contributed by atoms with E-state index in [0.29, 0.717) is 17.0 Å². The second-order valence-electron chi connectivity index (χ2n) is 8.27. The number of nitrogens with zero attached hydrogens (tertiary/aromatic N) is 4. The van der Waals surface area contributed by atoms with Crippen LogP contribution in [0.4, 0.5) is 17.6 Å². The van der Waals surface area contributed by atoms with Crippen LogP contribution in [0.1, 0.15) is 45.4 Å². The Bertz CT molecular complexity index is 675. The molecule has 154 valence electrons. The first kappa shape index (κ1) is 19.6. The smallest absolute Gasteiger partial charge is 0.232 e. The van der Waals surface area contributed by atoms with Crippen LogP contribution in [-0.2, 0) is 4.74 Å². The average molecular weight is 405 g/mol. The van der Waals surface area contributed by atoms with Gasteiger partial charge in [-0.3, -0.25) is 0 Å². The zero-order chi connectivity index (χ0) is 19.3. The number of aromatic nitrogens is 2. The van der Waals surface area contributed by atoms with E-state index in [0.717, 1.165) is 63.8 Å².